The van der Waals surface area contributed by atoms with Crippen LogP contribution >= 0.6 is 0 Å². The molecule has 0 heterocycles. The van der Waals surface area contributed by atoms with E-state index in [0.717, 1.165) is 41.5 Å². The van der Waals surface area contributed by atoms with Gasteiger partial charge < -0.3 is 25.6 Å². The first kappa shape index (κ1) is 23.4. The summed E-state index contributed by atoms with van der Waals surface area (Å²) in [5, 5.41) is 23.8. The van der Waals surface area contributed by atoms with Crippen molar-refractivity contribution in [2.45, 2.75) is 56.0 Å². The number of alkyl carbamates (subject to hydrolysis) is 1. The average molecular weight is 479 g/mol. The van der Waals surface area contributed by atoms with Crippen molar-refractivity contribution in [2.75, 3.05) is 13.2 Å². The fraction of sp³-hybridized carbons (Fsp3) is 0.444. The maximum absolute atomic E-state index is 13.2. The molecule has 2 amide bonds. The Morgan fingerprint density at radius 3 is 2.11 bits per heavy atom. The van der Waals surface area contributed by atoms with E-state index in [1.165, 1.54) is 0 Å². The summed E-state index contributed by atoms with van der Waals surface area (Å²) in [5.41, 5.74) is 3.28. The van der Waals surface area contributed by atoms with Crippen molar-refractivity contribution in [3.63, 3.8) is 0 Å². The molecular weight excluding hydrogens is 448 g/mol. The smallest absolute Gasteiger partial charge is 0.408 e. The van der Waals surface area contributed by atoms with E-state index >= 15 is 0 Å². The topological polar surface area (TPSA) is 125 Å². The van der Waals surface area contributed by atoms with Crippen LogP contribution in [-0.2, 0) is 14.3 Å². The molecule has 3 aliphatic carbocycles. The highest BCUT2D eigenvalue weighted by atomic mass is 16.5. The standard InChI is InChI=1S/C27H30N2O6/c30-13-10-22(23(31)32)28-24(33)27(15-26(16-27)11-5-12-26)29-25(34)35-14-21-19-8-3-1-6-17(19)18-7-2-4-9-20(18)21/h1-4,6-9,21-22,30H,5,10-16H2,(H,28,33)(H,29,34)(H,31,32). The molecule has 4 N–H and O–H groups in total. The van der Waals surface area contributed by atoms with Crippen molar-refractivity contribution < 1.29 is 29.3 Å². The van der Waals surface area contributed by atoms with Crippen LogP contribution < -0.4 is 10.6 Å². The highest BCUT2D eigenvalue weighted by molar-refractivity contribution is 5.94. The SMILES string of the molecule is O=C(NC1(C(=O)NC(CCO)C(=O)O)CC2(CCC2)C1)OCC1c2ccccc2-c2ccccc21. The number of hydrogen-bond acceptors (Lipinski definition) is 5. The number of aliphatic hydroxyl groups is 1. The number of hydrogen-bond donors (Lipinski definition) is 4. The zero-order chi connectivity index (χ0) is 24.6. The van der Waals surface area contributed by atoms with Gasteiger partial charge in [-0.1, -0.05) is 55.0 Å². The summed E-state index contributed by atoms with van der Waals surface area (Å²) in [6.45, 7) is -0.237. The highest BCUT2D eigenvalue weighted by Crippen LogP contribution is 2.60. The first-order valence-corrected chi connectivity index (χ1v) is 12.1. The average Bonchev–Trinajstić information content (AvgIpc) is 3.12. The summed E-state index contributed by atoms with van der Waals surface area (Å²) < 4.78 is 5.65. The van der Waals surface area contributed by atoms with E-state index in [0.29, 0.717) is 12.8 Å². The van der Waals surface area contributed by atoms with Crippen LogP contribution in [0.25, 0.3) is 11.1 Å². The zero-order valence-corrected chi connectivity index (χ0v) is 19.5. The monoisotopic (exact) mass is 478 g/mol. The van der Waals surface area contributed by atoms with Crippen LogP contribution in [0.15, 0.2) is 48.5 Å². The number of carboxylic acids is 1. The molecule has 8 nitrogen and oxygen atoms in total. The molecule has 0 aliphatic heterocycles. The lowest BCUT2D eigenvalue weighted by Gasteiger charge is -2.59. The first-order chi connectivity index (χ1) is 16.9. The predicted molar refractivity (Wildman–Crippen MR) is 128 cm³/mol. The van der Waals surface area contributed by atoms with Crippen molar-refractivity contribution >= 4 is 18.0 Å². The van der Waals surface area contributed by atoms with Gasteiger partial charge in [0.2, 0.25) is 5.91 Å². The van der Waals surface area contributed by atoms with Crippen molar-refractivity contribution in [1.29, 1.82) is 0 Å². The zero-order valence-electron chi connectivity index (χ0n) is 19.5. The Bertz CT molecular complexity index is 1100. The number of ether oxygens (including phenoxy) is 1. The van der Waals surface area contributed by atoms with Crippen LogP contribution in [0, 0.1) is 5.41 Å². The quantitative estimate of drug-likeness (QED) is 0.462. The highest BCUT2D eigenvalue weighted by Gasteiger charge is 2.62. The number of carbonyl (C=O) groups excluding carboxylic acids is 2. The fourth-order valence-corrected chi connectivity index (χ4v) is 6.08. The second kappa shape index (κ2) is 9.00. The molecule has 0 saturated heterocycles. The Balaban J connectivity index is 1.28. The van der Waals surface area contributed by atoms with Crippen LogP contribution in [0.2, 0.25) is 0 Å². The van der Waals surface area contributed by atoms with Gasteiger partial charge in [0.25, 0.3) is 0 Å². The molecule has 35 heavy (non-hydrogen) atoms. The van der Waals surface area contributed by atoms with Crippen LogP contribution in [0.4, 0.5) is 4.79 Å². The van der Waals surface area contributed by atoms with Gasteiger partial charge in [-0.2, -0.15) is 0 Å². The van der Waals surface area contributed by atoms with Crippen molar-refractivity contribution in [1.82, 2.24) is 10.6 Å². The van der Waals surface area contributed by atoms with Crippen LogP contribution in [0.5, 0.6) is 0 Å². The maximum atomic E-state index is 13.2. The van der Waals surface area contributed by atoms with E-state index in [4.69, 9.17) is 9.84 Å². The molecule has 0 radical (unpaired) electrons. The van der Waals surface area contributed by atoms with Crippen LogP contribution in [0.1, 0.15) is 55.6 Å². The molecule has 3 aliphatic rings. The second-order valence-corrected chi connectivity index (χ2v) is 10.1. The summed E-state index contributed by atoms with van der Waals surface area (Å²) in [6, 6.07) is 14.9. The summed E-state index contributed by atoms with van der Waals surface area (Å²) >= 11 is 0. The Kier molecular flexibility index (Phi) is 6.01. The Morgan fingerprint density at radius 1 is 1.00 bits per heavy atom. The molecule has 1 atom stereocenters. The van der Waals surface area contributed by atoms with Gasteiger partial charge in [-0.25, -0.2) is 9.59 Å². The minimum absolute atomic E-state index is 0.0314. The molecule has 8 heteroatoms. The number of benzene rings is 2. The normalized spacial score (nSPS) is 19.5. The van der Waals surface area contributed by atoms with Crippen molar-refractivity contribution in [3.8, 4) is 11.1 Å². The third-order valence-electron chi connectivity index (χ3n) is 7.91. The molecule has 2 fully saturated rings. The molecule has 2 aromatic rings. The third kappa shape index (κ3) is 4.16. The number of aliphatic hydroxyl groups excluding tert-OH is 1. The van der Waals surface area contributed by atoms with E-state index in [2.05, 4.69) is 22.8 Å². The Labute approximate surface area is 203 Å². The first-order valence-electron chi connectivity index (χ1n) is 12.1. The van der Waals surface area contributed by atoms with Gasteiger partial charge in [0.1, 0.15) is 18.2 Å². The van der Waals surface area contributed by atoms with Gasteiger partial charge >= 0.3 is 12.1 Å². The number of fused-ring (bicyclic) bond motifs is 3. The predicted octanol–water partition coefficient (Wildman–Crippen LogP) is 3.18. The number of aliphatic carboxylic acids is 1. The van der Waals surface area contributed by atoms with Crippen molar-refractivity contribution in [2.24, 2.45) is 5.41 Å². The molecule has 0 aromatic heterocycles. The molecule has 2 saturated carbocycles. The number of amides is 2. The number of rotatable bonds is 8. The van der Waals surface area contributed by atoms with Crippen LogP contribution in [0.3, 0.4) is 0 Å². The van der Waals surface area contributed by atoms with E-state index in [9.17, 15) is 19.5 Å². The van der Waals surface area contributed by atoms with Gasteiger partial charge in [-0.15, -0.1) is 0 Å². The minimum Gasteiger partial charge on any atom is -0.480 e. The maximum Gasteiger partial charge on any atom is 0.408 e. The summed E-state index contributed by atoms with van der Waals surface area (Å²) in [5.74, 6) is -1.86. The number of carboxylic acid groups (broad SMARTS) is 1. The van der Waals surface area contributed by atoms with Crippen molar-refractivity contribution in [3.05, 3.63) is 59.7 Å². The third-order valence-corrected chi connectivity index (χ3v) is 7.91. The second-order valence-electron chi connectivity index (χ2n) is 10.1. The fourth-order valence-electron chi connectivity index (χ4n) is 6.08. The molecular formula is C27H30N2O6. The Morgan fingerprint density at radius 2 is 1.60 bits per heavy atom. The lowest BCUT2D eigenvalue weighted by atomic mass is 9.48. The lowest BCUT2D eigenvalue weighted by molar-refractivity contribution is -0.150. The van der Waals surface area contributed by atoms with Gasteiger partial charge in [-0.3, -0.25) is 4.79 Å². The largest absolute Gasteiger partial charge is 0.480 e. The summed E-state index contributed by atoms with van der Waals surface area (Å²) in [6.07, 6.45) is 3.20. The van der Waals surface area contributed by atoms with E-state index in [1.807, 2.05) is 36.4 Å². The van der Waals surface area contributed by atoms with E-state index in [1.54, 1.807) is 0 Å². The minimum atomic E-state index is -1.22. The molecule has 0 bridgehead atoms. The summed E-state index contributed by atoms with van der Waals surface area (Å²) in [4.78, 5) is 37.6. The molecule has 184 valence electrons. The lowest BCUT2D eigenvalue weighted by Crippen LogP contribution is -2.71. The van der Waals surface area contributed by atoms with Gasteiger partial charge in [-0.05, 0) is 53.4 Å². The van der Waals surface area contributed by atoms with E-state index < -0.39 is 29.6 Å². The van der Waals surface area contributed by atoms with Gasteiger partial charge in [0.15, 0.2) is 0 Å². The van der Waals surface area contributed by atoms with E-state index in [-0.39, 0.29) is 31.0 Å². The van der Waals surface area contributed by atoms with Gasteiger partial charge in [0.05, 0.1) is 0 Å². The summed E-state index contributed by atoms with van der Waals surface area (Å²) in [7, 11) is 0. The number of carbonyl (C=O) groups is 3. The molecule has 5 rings (SSSR count). The molecule has 1 spiro atoms. The molecule has 2 aromatic carbocycles. The number of nitrogens with one attached hydrogen (secondary N) is 2. The van der Waals surface area contributed by atoms with Crippen LogP contribution in [-0.4, -0.2) is 53.0 Å². The Hall–Kier alpha value is -3.39. The van der Waals surface area contributed by atoms with Gasteiger partial charge in [0, 0.05) is 18.9 Å². The molecule has 1 unspecified atom stereocenters.